The van der Waals surface area contributed by atoms with Crippen molar-refractivity contribution < 1.29 is 24.0 Å². The van der Waals surface area contributed by atoms with Crippen molar-refractivity contribution >= 4 is 17.8 Å². The van der Waals surface area contributed by atoms with Crippen molar-refractivity contribution in [2.24, 2.45) is 0 Å². The first-order valence-electron chi connectivity index (χ1n) is 5.71. The minimum atomic E-state index is -0.907. The van der Waals surface area contributed by atoms with Crippen LogP contribution in [-0.2, 0) is 19.2 Å². The van der Waals surface area contributed by atoms with E-state index in [0.29, 0.717) is 0 Å². The lowest BCUT2D eigenvalue weighted by Gasteiger charge is -2.37. The molecule has 2 rings (SSSR count). The number of hydroxylamine groups is 2. The zero-order valence-corrected chi connectivity index (χ0v) is 9.73. The van der Waals surface area contributed by atoms with Crippen LogP contribution in [0.1, 0.15) is 39.0 Å². The van der Waals surface area contributed by atoms with Gasteiger partial charge in [0, 0.05) is 12.8 Å². The second-order valence-corrected chi connectivity index (χ2v) is 4.72. The van der Waals surface area contributed by atoms with E-state index in [4.69, 9.17) is 9.57 Å². The molecule has 17 heavy (non-hydrogen) atoms. The zero-order chi connectivity index (χ0) is 12.5. The Balaban J connectivity index is 1.84. The van der Waals surface area contributed by atoms with Gasteiger partial charge in [0.05, 0.1) is 0 Å². The third-order valence-corrected chi connectivity index (χ3v) is 3.14. The maximum absolute atomic E-state index is 11.4. The fourth-order valence-corrected chi connectivity index (χ4v) is 1.87. The van der Waals surface area contributed by atoms with Gasteiger partial charge in [-0.05, 0) is 26.2 Å². The van der Waals surface area contributed by atoms with Crippen molar-refractivity contribution in [2.45, 2.75) is 44.6 Å². The highest BCUT2D eigenvalue weighted by Crippen LogP contribution is 2.35. The number of carbonyl (C=O) groups is 3. The number of nitrogens with zero attached hydrogens (tertiary/aromatic N) is 1. The van der Waals surface area contributed by atoms with Crippen molar-refractivity contribution in [2.75, 3.05) is 6.54 Å². The van der Waals surface area contributed by atoms with Gasteiger partial charge in [0.2, 0.25) is 0 Å². The van der Waals surface area contributed by atoms with Crippen molar-refractivity contribution in [3.05, 3.63) is 0 Å². The molecule has 1 saturated heterocycles. The molecule has 0 spiro atoms. The van der Waals surface area contributed by atoms with Gasteiger partial charge < -0.3 is 9.57 Å². The van der Waals surface area contributed by atoms with Crippen LogP contribution in [0.2, 0.25) is 0 Å². The molecule has 0 atom stereocenters. The molecule has 0 radical (unpaired) electrons. The van der Waals surface area contributed by atoms with Crippen LogP contribution in [0, 0.1) is 0 Å². The molecule has 1 saturated carbocycles. The summed E-state index contributed by atoms with van der Waals surface area (Å²) in [6, 6.07) is 0. The SMILES string of the molecule is CC1(OC(=O)ON2CC(=O)CCC2=O)CCC1. The quantitative estimate of drug-likeness (QED) is 0.679. The van der Waals surface area contributed by atoms with E-state index >= 15 is 0 Å². The van der Waals surface area contributed by atoms with Gasteiger partial charge >= 0.3 is 6.16 Å². The first kappa shape index (κ1) is 11.9. The third-order valence-electron chi connectivity index (χ3n) is 3.14. The number of carbonyl (C=O) groups excluding carboxylic acids is 3. The molecule has 0 bridgehead atoms. The van der Waals surface area contributed by atoms with Crippen LogP contribution in [0.15, 0.2) is 0 Å². The molecule has 94 valence electrons. The summed E-state index contributed by atoms with van der Waals surface area (Å²) in [6.45, 7) is 1.64. The fraction of sp³-hybridized carbons (Fsp3) is 0.727. The molecule has 2 fully saturated rings. The molecular weight excluding hydrogens is 226 g/mol. The number of amides is 1. The van der Waals surface area contributed by atoms with Gasteiger partial charge in [0.15, 0.2) is 5.78 Å². The summed E-state index contributed by atoms with van der Waals surface area (Å²) in [7, 11) is 0. The maximum Gasteiger partial charge on any atom is 0.534 e. The van der Waals surface area contributed by atoms with Gasteiger partial charge in [-0.15, -0.1) is 0 Å². The van der Waals surface area contributed by atoms with E-state index in [1.165, 1.54) is 0 Å². The fourth-order valence-electron chi connectivity index (χ4n) is 1.87. The van der Waals surface area contributed by atoms with Gasteiger partial charge in [-0.3, -0.25) is 9.59 Å². The summed E-state index contributed by atoms with van der Waals surface area (Å²) in [6.07, 6.45) is 2.01. The molecule has 0 aromatic rings. The summed E-state index contributed by atoms with van der Waals surface area (Å²) in [4.78, 5) is 38.7. The molecule has 0 aromatic carbocycles. The van der Waals surface area contributed by atoms with Crippen LogP contribution in [0.3, 0.4) is 0 Å². The smallest absolute Gasteiger partial charge is 0.426 e. The minimum Gasteiger partial charge on any atom is -0.426 e. The second-order valence-electron chi connectivity index (χ2n) is 4.72. The number of Topliss-reactive ketones (excluding diaryl/α,β-unsaturated/α-hetero) is 1. The van der Waals surface area contributed by atoms with E-state index < -0.39 is 11.8 Å². The van der Waals surface area contributed by atoms with Crippen LogP contribution < -0.4 is 0 Å². The van der Waals surface area contributed by atoms with Crippen molar-refractivity contribution in [3.8, 4) is 0 Å². The molecule has 1 aliphatic heterocycles. The molecule has 0 N–H and O–H groups in total. The highest BCUT2D eigenvalue weighted by atomic mass is 16.8. The molecule has 1 aliphatic carbocycles. The van der Waals surface area contributed by atoms with E-state index in [1.54, 1.807) is 0 Å². The molecule has 6 heteroatoms. The standard InChI is InChI=1S/C11H15NO5/c1-11(5-2-6-11)16-10(15)17-12-7-8(13)3-4-9(12)14/h2-7H2,1H3. The molecule has 2 aliphatic rings. The lowest BCUT2D eigenvalue weighted by atomic mass is 9.82. The van der Waals surface area contributed by atoms with Crippen molar-refractivity contribution in [3.63, 3.8) is 0 Å². The van der Waals surface area contributed by atoms with E-state index in [-0.39, 0.29) is 31.1 Å². The van der Waals surface area contributed by atoms with Gasteiger partial charge in [0.1, 0.15) is 12.1 Å². The van der Waals surface area contributed by atoms with E-state index in [2.05, 4.69) is 0 Å². The Hall–Kier alpha value is -1.59. The first-order valence-corrected chi connectivity index (χ1v) is 5.71. The van der Waals surface area contributed by atoms with Crippen LogP contribution in [0.25, 0.3) is 0 Å². The van der Waals surface area contributed by atoms with Crippen molar-refractivity contribution in [1.29, 1.82) is 0 Å². The van der Waals surface area contributed by atoms with Gasteiger partial charge in [-0.1, -0.05) is 0 Å². The second kappa shape index (κ2) is 4.35. The highest BCUT2D eigenvalue weighted by Gasteiger charge is 2.38. The zero-order valence-electron chi connectivity index (χ0n) is 9.73. The Kier molecular flexibility index (Phi) is 3.04. The predicted molar refractivity (Wildman–Crippen MR) is 55.8 cm³/mol. The van der Waals surface area contributed by atoms with E-state index in [0.717, 1.165) is 24.3 Å². The van der Waals surface area contributed by atoms with Crippen LogP contribution in [-0.4, -0.2) is 35.1 Å². The number of piperidine rings is 1. The molecule has 1 heterocycles. The Bertz CT molecular complexity index is 361. The largest absolute Gasteiger partial charge is 0.534 e. The molecular formula is C11H15NO5. The minimum absolute atomic E-state index is 0.0867. The Morgan fingerprint density at radius 2 is 2.00 bits per heavy atom. The summed E-state index contributed by atoms with van der Waals surface area (Å²) < 4.78 is 5.09. The van der Waals surface area contributed by atoms with Gasteiger partial charge in [-0.25, -0.2) is 4.79 Å². The third kappa shape index (κ3) is 2.75. The van der Waals surface area contributed by atoms with Crippen LogP contribution in [0.4, 0.5) is 4.79 Å². The summed E-state index contributed by atoms with van der Waals surface area (Å²) in [5, 5.41) is 0.788. The molecule has 0 aromatic heterocycles. The normalized spacial score (nSPS) is 23.0. The lowest BCUT2D eigenvalue weighted by Crippen LogP contribution is -2.44. The summed E-state index contributed by atoms with van der Waals surface area (Å²) >= 11 is 0. The van der Waals surface area contributed by atoms with Crippen molar-refractivity contribution in [1.82, 2.24) is 5.06 Å². The predicted octanol–water partition coefficient (Wildman–Crippen LogP) is 1.19. The molecule has 0 unspecified atom stereocenters. The number of hydrogen-bond donors (Lipinski definition) is 0. The Morgan fingerprint density at radius 3 is 2.59 bits per heavy atom. The van der Waals surface area contributed by atoms with Gasteiger partial charge in [0.25, 0.3) is 5.91 Å². The molecule has 1 amide bonds. The van der Waals surface area contributed by atoms with Crippen LogP contribution >= 0.6 is 0 Å². The highest BCUT2D eigenvalue weighted by molar-refractivity contribution is 5.92. The number of rotatable bonds is 2. The van der Waals surface area contributed by atoms with Crippen LogP contribution in [0.5, 0.6) is 0 Å². The number of ketones is 1. The Morgan fingerprint density at radius 1 is 1.29 bits per heavy atom. The monoisotopic (exact) mass is 241 g/mol. The van der Waals surface area contributed by atoms with E-state index in [1.807, 2.05) is 6.92 Å². The topological polar surface area (TPSA) is 72.9 Å². The summed E-state index contributed by atoms with van der Waals surface area (Å²) in [5.74, 6) is -0.479. The first-order chi connectivity index (χ1) is 7.98. The average molecular weight is 241 g/mol. The van der Waals surface area contributed by atoms with E-state index in [9.17, 15) is 14.4 Å². The number of ether oxygens (including phenoxy) is 1. The summed E-state index contributed by atoms with van der Waals surface area (Å²) in [5.41, 5.74) is -0.472. The lowest BCUT2D eigenvalue weighted by molar-refractivity contribution is -0.187. The number of hydrogen-bond acceptors (Lipinski definition) is 5. The molecule has 6 nitrogen and oxygen atoms in total. The van der Waals surface area contributed by atoms with Gasteiger partial charge in [-0.2, -0.15) is 5.06 Å². The Labute approximate surface area is 98.8 Å². The average Bonchev–Trinajstić information content (AvgIpc) is 2.21. The maximum atomic E-state index is 11.4.